The molecule has 86 valence electrons. The van der Waals surface area contributed by atoms with Gasteiger partial charge in [0.05, 0.1) is 0 Å². The van der Waals surface area contributed by atoms with Crippen LogP contribution in [0.25, 0.3) is 0 Å². The second-order valence-corrected chi connectivity index (χ2v) is 4.93. The van der Waals surface area contributed by atoms with Gasteiger partial charge in [-0.1, -0.05) is 20.8 Å². The zero-order valence-electron chi connectivity index (χ0n) is 10.3. The Hall–Kier alpha value is -1.03. The van der Waals surface area contributed by atoms with Gasteiger partial charge in [-0.3, -0.25) is 14.6 Å². The lowest BCUT2D eigenvalue weighted by molar-refractivity contribution is 0.546. The molecule has 0 radical (unpaired) electrons. The van der Waals surface area contributed by atoms with Crippen molar-refractivity contribution in [2.24, 2.45) is 7.05 Å². The fourth-order valence-electron chi connectivity index (χ4n) is 1.70. The van der Waals surface area contributed by atoms with Gasteiger partial charge in [0.1, 0.15) is 0 Å². The van der Waals surface area contributed by atoms with E-state index in [-0.39, 0.29) is 11.0 Å². The molecule has 0 aliphatic carbocycles. The maximum Gasteiger partial charge on any atom is 0.269 e. The molecule has 1 aromatic rings. The number of H-pyrrole nitrogens is 1. The van der Waals surface area contributed by atoms with E-state index in [2.05, 4.69) is 31.2 Å². The Kier molecular flexibility index (Phi) is 3.39. The average Bonchev–Trinajstić information content (AvgIpc) is 2.40. The number of rotatable bonds is 3. The van der Waals surface area contributed by atoms with Crippen LogP contribution in [0, 0.1) is 0 Å². The number of aromatic amines is 1. The maximum absolute atomic E-state index is 11.8. The van der Waals surface area contributed by atoms with Crippen LogP contribution in [0.3, 0.4) is 0 Å². The first-order chi connectivity index (χ1) is 6.88. The molecule has 0 aliphatic rings. The normalized spacial score (nSPS) is 12.1. The average molecular weight is 211 g/mol. The van der Waals surface area contributed by atoms with Crippen molar-refractivity contribution in [2.75, 3.05) is 13.6 Å². The van der Waals surface area contributed by atoms with E-state index in [1.165, 1.54) is 0 Å². The minimum atomic E-state index is -0.0104. The summed E-state index contributed by atoms with van der Waals surface area (Å²) in [6.07, 6.45) is 0.777. The van der Waals surface area contributed by atoms with Crippen LogP contribution in [-0.4, -0.2) is 23.4 Å². The SMILES string of the molecule is CNCCc1c(C(C)(C)C)[nH]n(C)c1=O. The van der Waals surface area contributed by atoms with Crippen LogP contribution in [0.1, 0.15) is 32.0 Å². The van der Waals surface area contributed by atoms with E-state index in [1.54, 1.807) is 11.7 Å². The van der Waals surface area contributed by atoms with Crippen molar-refractivity contribution in [3.05, 3.63) is 21.6 Å². The predicted octanol–water partition coefficient (Wildman–Crippen LogP) is 0.773. The van der Waals surface area contributed by atoms with Crippen molar-refractivity contribution < 1.29 is 0 Å². The summed E-state index contributed by atoms with van der Waals surface area (Å²) >= 11 is 0. The second-order valence-electron chi connectivity index (χ2n) is 4.93. The Morgan fingerprint density at radius 2 is 2.00 bits per heavy atom. The lowest BCUT2D eigenvalue weighted by Crippen LogP contribution is -2.21. The minimum Gasteiger partial charge on any atom is -0.319 e. The van der Waals surface area contributed by atoms with E-state index >= 15 is 0 Å². The van der Waals surface area contributed by atoms with Crippen molar-refractivity contribution in [3.8, 4) is 0 Å². The summed E-state index contributed by atoms with van der Waals surface area (Å²) in [5.74, 6) is 0. The third kappa shape index (κ3) is 2.50. The van der Waals surface area contributed by atoms with Crippen molar-refractivity contribution in [3.63, 3.8) is 0 Å². The first kappa shape index (κ1) is 12.0. The molecule has 1 heterocycles. The highest BCUT2D eigenvalue weighted by molar-refractivity contribution is 5.24. The van der Waals surface area contributed by atoms with Crippen LogP contribution in [0.5, 0.6) is 0 Å². The number of aryl methyl sites for hydroxylation is 1. The van der Waals surface area contributed by atoms with Crippen LogP contribution in [0.15, 0.2) is 4.79 Å². The third-order valence-electron chi connectivity index (χ3n) is 2.52. The largest absolute Gasteiger partial charge is 0.319 e. The molecule has 0 aromatic carbocycles. The summed E-state index contributed by atoms with van der Waals surface area (Å²) in [7, 11) is 3.66. The van der Waals surface area contributed by atoms with Crippen LogP contribution in [0.4, 0.5) is 0 Å². The van der Waals surface area contributed by atoms with Crippen LogP contribution < -0.4 is 10.9 Å². The van der Waals surface area contributed by atoms with Gasteiger partial charge in [-0.05, 0) is 20.0 Å². The van der Waals surface area contributed by atoms with Gasteiger partial charge in [-0.2, -0.15) is 0 Å². The summed E-state index contributed by atoms with van der Waals surface area (Å²) in [6, 6.07) is 0. The van der Waals surface area contributed by atoms with Gasteiger partial charge in [0.15, 0.2) is 0 Å². The van der Waals surface area contributed by atoms with E-state index in [0.717, 1.165) is 24.2 Å². The highest BCUT2D eigenvalue weighted by Gasteiger charge is 2.22. The zero-order chi connectivity index (χ0) is 11.6. The van der Waals surface area contributed by atoms with E-state index < -0.39 is 0 Å². The molecule has 0 fully saturated rings. The fraction of sp³-hybridized carbons (Fsp3) is 0.727. The predicted molar refractivity (Wildman–Crippen MR) is 62.4 cm³/mol. The summed E-state index contributed by atoms with van der Waals surface area (Å²) in [5, 5.41) is 6.21. The molecule has 4 nitrogen and oxygen atoms in total. The standard InChI is InChI=1S/C11H21N3O/c1-11(2,3)9-8(6-7-12-4)10(15)14(5)13-9/h12-13H,6-7H2,1-5H3. The molecule has 0 amide bonds. The van der Waals surface area contributed by atoms with Gasteiger partial charge < -0.3 is 5.32 Å². The molecule has 2 N–H and O–H groups in total. The lowest BCUT2D eigenvalue weighted by Gasteiger charge is -2.18. The van der Waals surface area contributed by atoms with Crippen LogP contribution >= 0.6 is 0 Å². The van der Waals surface area contributed by atoms with Crippen molar-refractivity contribution in [1.29, 1.82) is 0 Å². The number of aromatic nitrogens is 2. The molecule has 0 spiro atoms. The number of hydrogen-bond donors (Lipinski definition) is 2. The molecule has 4 heteroatoms. The molecular formula is C11H21N3O. The number of hydrogen-bond acceptors (Lipinski definition) is 2. The molecule has 0 aliphatic heterocycles. The third-order valence-corrected chi connectivity index (χ3v) is 2.52. The van der Waals surface area contributed by atoms with Crippen LogP contribution in [-0.2, 0) is 18.9 Å². The van der Waals surface area contributed by atoms with Crippen molar-refractivity contribution >= 4 is 0 Å². The second kappa shape index (κ2) is 4.23. The molecule has 0 unspecified atom stereocenters. The lowest BCUT2D eigenvalue weighted by atomic mass is 9.89. The van der Waals surface area contributed by atoms with Gasteiger partial charge in [-0.25, -0.2) is 0 Å². The Balaban J connectivity index is 3.16. The van der Waals surface area contributed by atoms with E-state index in [1.807, 2.05) is 7.05 Å². The minimum absolute atomic E-state index is 0.0104. The monoisotopic (exact) mass is 211 g/mol. The molecule has 0 atom stereocenters. The molecular weight excluding hydrogens is 190 g/mol. The van der Waals surface area contributed by atoms with Gasteiger partial charge in [0.25, 0.3) is 5.56 Å². The van der Waals surface area contributed by atoms with Gasteiger partial charge in [0, 0.05) is 23.7 Å². The first-order valence-corrected chi connectivity index (χ1v) is 5.31. The number of nitrogens with one attached hydrogen (secondary N) is 2. The first-order valence-electron chi connectivity index (χ1n) is 5.31. The maximum atomic E-state index is 11.8. The summed E-state index contributed by atoms with van der Waals surface area (Å²) in [4.78, 5) is 11.8. The summed E-state index contributed by atoms with van der Waals surface area (Å²) < 4.78 is 1.56. The molecule has 15 heavy (non-hydrogen) atoms. The molecule has 0 saturated carbocycles. The molecule has 0 bridgehead atoms. The number of nitrogens with zero attached hydrogens (tertiary/aromatic N) is 1. The van der Waals surface area contributed by atoms with E-state index in [9.17, 15) is 4.79 Å². The topological polar surface area (TPSA) is 49.8 Å². The van der Waals surface area contributed by atoms with E-state index in [4.69, 9.17) is 0 Å². The Morgan fingerprint density at radius 3 is 2.47 bits per heavy atom. The van der Waals surface area contributed by atoms with Gasteiger partial charge in [-0.15, -0.1) is 0 Å². The quantitative estimate of drug-likeness (QED) is 0.776. The van der Waals surface area contributed by atoms with Gasteiger partial charge >= 0.3 is 0 Å². The Morgan fingerprint density at radius 1 is 1.40 bits per heavy atom. The number of likely N-dealkylation sites (N-methyl/N-ethyl adjacent to an activating group) is 1. The summed E-state index contributed by atoms with van der Waals surface area (Å²) in [5.41, 5.74) is 2.03. The smallest absolute Gasteiger partial charge is 0.269 e. The van der Waals surface area contributed by atoms with Crippen molar-refractivity contribution in [2.45, 2.75) is 32.6 Å². The summed E-state index contributed by atoms with van der Waals surface area (Å²) in [6.45, 7) is 7.17. The van der Waals surface area contributed by atoms with Crippen LogP contribution in [0.2, 0.25) is 0 Å². The molecule has 1 rings (SSSR count). The van der Waals surface area contributed by atoms with Crippen molar-refractivity contribution in [1.82, 2.24) is 15.1 Å². The van der Waals surface area contributed by atoms with E-state index in [0.29, 0.717) is 0 Å². The highest BCUT2D eigenvalue weighted by atomic mass is 16.1. The Labute approximate surface area is 90.7 Å². The molecule has 0 saturated heterocycles. The molecule has 1 aromatic heterocycles. The Bertz CT molecular complexity index is 382. The zero-order valence-corrected chi connectivity index (χ0v) is 10.3. The highest BCUT2D eigenvalue weighted by Crippen LogP contribution is 2.22. The van der Waals surface area contributed by atoms with Gasteiger partial charge in [0.2, 0.25) is 0 Å². The fourth-order valence-corrected chi connectivity index (χ4v) is 1.70.